The maximum Gasteiger partial charge on any atom is 0.303 e. The van der Waals surface area contributed by atoms with E-state index in [0.717, 1.165) is 27.7 Å². The second kappa shape index (κ2) is 10.9. The summed E-state index contributed by atoms with van der Waals surface area (Å²) in [6.45, 7) is 4.06. The average molecular weight is 554 g/mol. The van der Waals surface area contributed by atoms with E-state index in [0.29, 0.717) is 0 Å². The lowest BCUT2D eigenvalue weighted by atomic mass is 9.97. The Bertz CT molecular complexity index is 1170. The summed E-state index contributed by atoms with van der Waals surface area (Å²) < 4.78 is 28.5. The third-order valence-corrected chi connectivity index (χ3v) is 5.35. The molecule has 0 radical (unpaired) electrons. The summed E-state index contributed by atoms with van der Waals surface area (Å²) in [6, 6.07) is 0. The van der Waals surface area contributed by atoms with Crippen molar-refractivity contribution < 1.29 is 42.9 Å². The topological polar surface area (TPSA) is 158 Å². The van der Waals surface area contributed by atoms with Gasteiger partial charge in [0.25, 0.3) is 0 Å². The zero-order valence-corrected chi connectivity index (χ0v) is 21.0. The van der Waals surface area contributed by atoms with Gasteiger partial charge in [0.05, 0.1) is 0 Å². The van der Waals surface area contributed by atoms with Crippen LogP contribution in [0, 0.1) is 0 Å². The molecule has 1 aliphatic heterocycles. The number of esters is 4. The average Bonchev–Trinajstić information content (AvgIpc) is 3.04. The highest BCUT2D eigenvalue weighted by molar-refractivity contribution is 6.36. The summed E-state index contributed by atoms with van der Waals surface area (Å²) in [5.74, 6) is -2.99. The summed E-state index contributed by atoms with van der Waals surface area (Å²) in [4.78, 5) is 59.3. The van der Waals surface area contributed by atoms with Gasteiger partial charge in [0.1, 0.15) is 18.2 Å². The number of fused-ring (bicyclic) bond motifs is 1. The molecule has 35 heavy (non-hydrogen) atoms. The molecule has 0 spiro atoms. The number of rotatable bonds is 6. The van der Waals surface area contributed by atoms with E-state index >= 15 is 0 Å². The van der Waals surface area contributed by atoms with Gasteiger partial charge in [-0.1, -0.05) is 11.6 Å². The van der Waals surface area contributed by atoms with Crippen LogP contribution in [0.3, 0.4) is 0 Å². The van der Waals surface area contributed by atoms with Crippen molar-refractivity contribution in [3.63, 3.8) is 0 Å². The van der Waals surface area contributed by atoms with Gasteiger partial charge in [-0.15, -0.1) is 0 Å². The highest BCUT2D eigenvalue weighted by atomic mass is 35.5. The van der Waals surface area contributed by atoms with Crippen LogP contribution in [0.15, 0.2) is 0 Å². The molecule has 0 saturated carbocycles. The van der Waals surface area contributed by atoms with Crippen molar-refractivity contribution in [2.75, 3.05) is 6.61 Å². The first-order chi connectivity index (χ1) is 16.4. The van der Waals surface area contributed by atoms with E-state index in [-0.39, 0.29) is 26.9 Å². The summed E-state index contributed by atoms with van der Waals surface area (Å²) in [7, 11) is 0. The third kappa shape index (κ3) is 6.10. The summed E-state index contributed by atoms with van der Waals surface area (Å²) in [5.41, 5.74) is 0.0508. The van der Waals surface area contributed by atoms with Crippen molar-refractivity contribution >= 4 is 69.8 Å². The molecule has 0 aromatic carbocycles. The van der Waals surface area contributed by atoms with Crippen LogP contribution in [-0.2, 0) is 42.9 Å². The van der Waals surface area contributed by atoms with Crippen LogP contribution in [-0.4, -0.2) is 74.4 Å². The number of carbonyl (C=O) groups is 4. The Kier molecular flexibility index (Phi) is 8.36. The van der Waals surface area contributed by atoms with Gasteiger partial charge in [0.2, 0.25) is 10.6 Å². The highest BCUT2D eigenvalue weighted by Crippen LogP contribution is 2.38. The molecule has 1 saturated heterocycles. The molecule has 3 heterocycles. The van der Waals surface area contributed by atoms with Crippen molar-refractivity contribution in [1.29, 1.82) is 0 Å². The van der Waals surface area contributed by atoms with Crippen LogP contribution in [0.4, 0.5) is 0 Å². The Labute approximate surface area is 212 Å². The first-order valence-corrected chi connectivity index (χ1v) is 11.1. The number of hydrogen-bond acceptors (Lipinski definition) is 12. The number of ether oxygens (including phenoxy) is 5. The van der Waals surface area contributed by atoms with E-state index in [4.69, 9.17) is 58.5 Å². The lowest BCUT2D eigenvalue weighted by molar-refractivity contribution is -0.267. The van der Waals surface area contributed by atoms with Gasteiger partial charge in [-0.2, -0.15) is 4.98 Å². The fourth-order valence-electron chi connectivity index (χ4n) is 3.53. The summed E-state index contributed by atoms with van der Waals surface area (Å²) >= 11 is 18.4. The van der Waals surface area contributed by atoms with Crippen LogP contribution >= 0.6 is 34.8 Å². The molecular formula is C19H19Cl3N4O9. The Morgan fingerprint density at radius 3 is 1.97 bits per heavy atom. The van der Waals surface area contributed by atoms with Crippen LogP contribution in [0.2, 0.25) is 15.7 Å². The van der Waals surface area contributed by atoms with E-state index in [1.807, 2.05) is 0 Å². The minimum atomic E-state index is -1.43. The van der Waals surface area contributed by atoms with E-state index in [9.17, 15) is 19.2 Å². The third-order valence-electron chi connectivity index (χ3n) is 4.65. The lowest BCUT2D eigenvalue weighted by Crippen LogP contribution is -2.60. The van der Waals surface area contributed by atoms with Crippen molar-refractivity contribution in [1.82, 2.24) is 19.5 Å². The minimum absolute atomic E-state index is 0.000833. The largest absolute Gasteiger partial charge is 0.463 e. The standard InChI is InChI=1S/C19H19Cl3N4O9/c1-6(27)31-5-10-12(32-7(2)28)13(33-8(3)29)14(34-9(4)30)17(35-10)26-16-11(23-19(26)22)15(20)24-18(21)25-16/h10,12-14,17H,5H2,1-4H3/t10-,12-,13+,14-,17-/m1/s1. The molecule has 2 aromatic heterocycles. The van der Waals surface area contributed by atoms with Gasteiger partial charge in [-0.25, -0.2) is 9.97 Å². The Hall–Kier alpha value is -2.74. The smallest absolute Gasteiger partial charge is 0.303 e. The molecule has 5 atom stereocenters. The number of aromatic nitrogens is 4. The predicted molar refractivity (Wildman–Crippen MR) is 118 cm³/mol. The monoisotopic (exact) mass is 552 g/mol. The fourth-order valence-corrected chi connectivity index (χ4v) is 4.20. The normalized spacial score (nSPS) is 24.0. The molecular weight excluding hydrogens is 535 g/mol. The molecule has 13 nitrogen and oxygen atoms in total. The zero-order valence-electron chi connectivity index (χ0n) is 18.7. The second-order valence-corrected chi connectivity index (χ2v) is 8.33. The van der Waals surface area contributed by atoms with Gasteiger partial charge in [0, 0.05) is 27.7 Å². The number of imidazole rings is 1. The molecule has 190 valence electrons. The first-order valence-electron chi connectivity index (χ1n) is 9.96. The number of halogens is 3. The predicted octanol–water partition coefficient (Wildman–Crippen LogP) is 2.04. The molecule has 0 bridgehead atoms. The maximum atomic E-state index is 12.0. The van der Waals surface area contributed by atoms with Gasteiger partial charge in [-0.3, -0.25) is 23.7 Å². The molecule has 2 aromatic rings. The Balaban J connectivity index is 2.21. The van der Waals surface area contributed by atoms with Gasteiger partial charge in [-0.05, 0) is 23.2 Å². The molecule has 3 rings (SSSR count). The second-order valence-electron chi connectivity index (χ2n) is 7.30. The Morgan fingerprint density at radius 1 is 0.829 bits per heavy atom. The molecule has 16 heteroatoms. The van der Waals surface area contributed by atoms with Crippen molar-refractivity contribution in [2.45, 2.75) is 58.3 Å². The van der Waals surface area contributed by atoms with Gasteiger partial charge in [0.15, 0.2) is 35.3 Å². The molecule has 1 aliphatic rings. The first kappa shape index (κ1) is 26.9. The minimum Gasteiger partial charge on any atom is -0.463 e. The van der Waals surface area contributed by atoms with E-state index < -0.39 is 61.1 Å². The van der Waals surface area contributed by atoms with Crippen molar-refractivity contribution in [2.24, 2.45) is 0 Å². The fraction of sp³-hybridized carbons (Fsp3) is 0.526. The van der Waals surface area contributed by atoms with Gasteiger partial charge >= 0.3 is 23.9 Å². The van der Waals surface area contributed by atoms with Crippen LogP contribution in [0.1, 0.15) is 33.9 Å². The van der Waals surface area contributed by atoms with E-state index in [1.54, 1.807) is 0 Å². The molecule has 0 N–H and O–H groups in total. The van der Waals surface area contributed by atoms with Crippen LogP contribution < -0.4 is 0 Å². The lowest BCUT2D eigenvalue weighted by Gasteiger charge is -2.44. The van der Waals surface area contributed by atoms with E-state index in [2.05, 4.69) is 15.0 Å². The number of nitrogens with zero attached hydrogens (tertiary/aromatic N) is 4. The van der Waals surface area contributed by atoms with Gasteiger partial charge < -0.3 is 23.7 Å². The molecule has 0 amide bonds. The number of carbonyl (C=O) groups excluding carboxylic acids is 4. The summed E-state index contributed by atoms with van der Waals surface area (Å²) in [5, 5.41) is -0.586. The Morgan fingerprint density at radius 2 is 1.40 bits per heavy atom. The van der Waals surface area contributed by atoms with Crippen LogP contribution in [0.25, 0.3) is 11.2 Å². The quantitative estimate of drug-likeness (QED) is 0.169. The SMILES string of the molecule is CC(=O)OC[C@H]1O[C@@H](n2c(Cl)nc3c(Cl)nc(Cl)nc32)[C@H](OC(C)=O)[C@@H](OC(C)=O)[C@@H]1OC(C)=O. The zero-order chi connectivity index (χ0) is 26.0. The van der Waals surface area contributed by atoms with Crippen LogP contribution in [0.5, 0.6) is 0 Å². The van der Waals surface area contributed by atoms with E-state index in [1.165, 1.54) is 4.57 Å². The molecule has 0 unspecified atom stereocenters. The van der Waals surface area contributed by atoms with Crippen molar-refractivity contribution in [3.05, 3.63) is 15.7 Å². The highest BCUT2D eigenvalue weighted by Gasteiger charge is 2.53. The number of hydrogen-bond donors (Lipinski definition) is 0. The molecule has 1 fully saturated rings. The van der Waals surface area contributed by atoms with Crippen molar-refractivity contribution in [3.8, 4) is 0 Å². The summed E-state index contributed by atoms with van der Waals surface area (Å²) in [6.07, 6.45) is -6.77. The maximum absolute atomic E-state index is 12.0. The molecule has 0 aliphatic carbocycles.